The molecule has 2 aromatic rings. The molecule has 0 spiro atoms. The Bertz CT molecular complexity index is 778. The molecule has 0 radical (unpaired) electrons. The standard InChI is InChI=1S/C19H24F3N5/c1-12-9-15(19(20,21)22)4-3-14(12)11-24-16-5-7-27(8-6-16)17-10-13(2)25-18(23)26-17/h3-4,9-10,16,24H,5-8,11H2,1-2H3,(H2,23,25,26). The van der Waals surface area contributed by atoms with E-state index in [-0.39, 0.29) is 5.95 Å². The average Bonchev–Trinajstić information content (AvgIpc) is 2.59. The van der Waals surface area contributed by atoms with E-state index in [4.69, 9.17) is 5.73 Å². The number of nitrogens with one attached hydrogen (secondary N) is 1. The molecule has 1 aromatic carbocycles. The van der Waals surface area contributed by atoms with Crippen LogP contribution in [0.5, 0.6) is 0 Å². The zero-order chi connectivity index (χ0) is 19.6. The number of halogens is 3. The number of hydrogen-bond acceptors (Lipinski definition) is 5. The van der Waals surface area contributed by atoms with Crippen LogP contribution in [0, 0.1) is 13.8 Å². The molecule has 3 rings (SSSR count). The Morgan fingerprint density at radius 1 is 1.15 bits per heavy atom. The predicted molar refractivity (Wildman–Crippen MR) is 99.4 cm³/mol. The van der Waals surface area contributed by atoms with Crippen LogP contribution in [0.1, 0.15) is 35.2 Å². The Labute approximate surface area is 156 Å². The van der Waals surface area contributed by atoms with Gasteiger partial charge in [-0.15, -0.1) is 0 Å². The van der Waals surface area contributed by atoms with Crippen LogP contribution < -0.4 is 16.0 Å². The van der Waals surface area contributed by atoms with Crippen LogP contribution >= 0.6 is 0 Å². The molecule has 0 aliphatic carbocycles. The highest BCUT2D eigenvalue weighted by Crippen LogP contribution is 2.30. The van der Waals surface area contributed by atoms with Gasteiger partial charge in [-0.2, -0.15) is 18.2 Å². The Morgan fingerprint density at radius 2 is 1.85 bits per heavy atom. The first-order valence-electron chi connectivity index (χ1n) is 8.98. The third-order valence-corrected chi connectivity index (χ3v) is 4.93. The topological polar surface area (TPSA) is 67.1 Å². The van der Waals surface area contributed by atoms with Crippen LogP contribution in [0.25, 0.3) is 0 Å². The normalized spacial score (nSPS) is 16.0. The number of anilines is 2. The SMILES string of the molecule is Cc1cc(N2CCC(NCc3ccc(C(F)(F)F)cc3C)CC2)nc(N)n1. The predicted octanol–water partition coefficient (Wildman–Crippen LogP) is 3.45. The summed E-state index contributed by atoms with van der Waals surface area (Å²) in [6.07, 6.45) is -2.43. The van der Waals surface area contributed by atoms with Crippen molar-refractivity contribution in [2.45, 2.75) is 45.5 Å². The first kappa shape index (κ1) is 19.4. The first-order valence-corrected chi connectivity index (χ1v) is 8.98. The van der Waals surface area contributed by atoms with Crippen molar-refractivity contribution in [3.8, 4) is 0 Å². The molecule has 3 N–H and O–H groups in total. The molecule has 1 aliphatic rings. The van der Waals surface area contributed by atoms with E-state index in [1.807, 2.05) is 13.0 Å². The van der Waals surface area contributed by atoms with Gasteiger partial charge in [-0.1, -0.05) is 6.07 Å². The minimum absolute atomic E-state index is 0.281. The van der Waals surface area contributed by atoms with Crippen molar-refractivity contribution in [3.05, 3.63) is 46.6 Å². The number of alkyl halides is 3. The van der Waals surface area contributed by atoms with Crippen molar-refractivity contribution in [2.24, 2.45) is 0 Å². The minimum atomic E-state index is -4.30. The van der Waals surface area contributed by atoms with E-state index in [9.17, 15) is 13.2 Å². The maximum atomic E-state index is 12.8. The van der Waals surface area contributed by atoms with Gasteiger partial charge < -0.3 is 16.0 Å². The summed E-state index contributed by atoms with van der Waals surface area (Å²) in [4.78, 5) is 10.6. The lowest BCUT2D eigenvalue weighted by molar-refractivity contribution is -0.137. The van der Waals surface area contributed by atoms with Gasteiger partial charge in [0.25, 0.3) is 0 Å². The highest BCUT2D eigenvalue weighted by atomic mass is 19.4. The molecule has 0 amide bonds. The largest absolute Gasteiger partial charge is 0.416 e. The Kier molecular flexibility index (Phi) is 5.55. The number of nitrogen functional groups attached to an aromatic ring is 1. The molecule has 5 nitrogen and oxygen atoms in total. The van der Waals surface area contributed by atoms with Gasteiger partial charge in [-0.05, 0) is 49.9 Å². The second-order valence-electron chi connectivity index (χ2n) is 7.01. The van der Waals surface area contributed by atoms with Crippen molar-refractivity contribution in [1.29, 1.82) is 0 Å². The molecule has 8 heteroatoms. The summed E-state index contributed by atoms with van der Waals surface area (Å²) in [5.41, 5.74) is 7.52. The number of nitrogens with two attached hydrogens (primary N) is 1. The molecule has 27 heavy (non-hydrogen) atoms. The van der Waals surface area contributed by atoms with E-state index in [1.54, 1.807) is 13.0 Å². The van der Waals surface area contributed by atoms with Crippen LogP contribution in [0.2, 0.25) is 0 Å². The minimum Gasteiger partial charge on any atom is -0.368 e. The van der Waals surface area contributed by atoms with Crippen LogP contribution in [0.4, 0.5) is 24.9 Å². The number of aromatic nitrogens is 2. The Morgan fingerprint density at radius 3 is 2.44 bits per heavy atom. The van der Waals surface area contributed by atoms with Gasteiger partial charge in [-0.25, -0.2) is 4.98 Å². The monoisotopic (exact) mass is 379 g/mol. The summed E-state index contributed by atoms with van der Waals surface area (Å²) in [6, 6.07) is 6.17. The number of piperidine rings is 1. The van der Waals surface area contributed by atoms with Crippen molar-refractivity contribution in [2.75, 3.05) is 23.7 Å². The summed E-state index contributed by atoms with van der Waals surface area (Å²) in [5, 5.41) is 3.47. The van der Waals surface area contributed by atoms with Gasteiger partial charge in [0.05, 0.1) is 5.56 Å². The summed E-state index contributed by atoms with van der Waals surface area (Å²) >= 11 is 0. The van der Waals surface area contributed by atoms with E-state index in [0.717, 1.165) is 49.1 Å². The third-order valence-electron chi connectivity index (χ3n) is 4.93. The fourth-order valence-corrected chi connectivity index (χ4v) is 3.37. The lowest BCUT2D eigenvalue weighted by Gasteiger charge is -2.33. The summed E-state index contributed by atoms with van der Waals surface area (Å²) in [7, 11) is 0. The molecule has 1 saturated heterocycles. The fourth-order valence-electron chi connectivity index (χ4n) is 3.37. The van der Waals surface area contributed by atoms with Crippen molar-refractivity contribution in [3.63, 3.8) is 0 Å². The lowest BCUT2D eigenvalue weighted by Crippen LogP contribution is -2.42. The number of hydrogen-bond donors (Lipinski definition) is 2. The molecule has 146 valence electrons. The molecular weight excluding hydrogens is 355 g/mol. The van der Waals surface area contributed by atoms with Gasteiger partial charge in [-0.3, -0.25) is 0 Å². The molecule has 1 fully saturated rings. The Balaban J connectivity index is 1.54. The summed E-state index contributed by atoms with van der Waals surface area (Å²) < 4.78 is 38.3. The molecule has 2 heterocycles. The van der Waals surface area contributed by atoms with Crippen LogP contribution in [-0.4, -0.2) is 29.1 Å². The van der Waals surface area contributed by atoms with E-state index in [0.29, 0.717) is 18.2 Å². The molecule has 0 saturated carbocycles. The van der Waals surface area contributed by atoms with Gasteiger partial charge in [0, 0.05) is 37.4 Å². The molecule has 0 unspecified atom stereocenters. The second-order valence-corrected chi connectivity index (χ2v) is 7.01. The smallest absolute Gasteiger partial charge is 0.368 e. The van der Waals surface area contributed by atoms with E-state index < -0.39 is 11.7 Å². The maximum Gasteiger partial charge on any atom is 0.416 e. The van der Waals surface area contributed by atoms with Gasteiger partial charge in [0.2, 0.25) is 5.95 Å². The zero-order valence-electron chi connectivity index (χ0n) is 15.5. The molecular formula is C19H24F3N5. The van der Waals surface area contributed by atoms with Crippen LogP contribution in [0.15, 0.2) is 24.3 Å². The third kappa shape index (κ3) is 4.88. The Hall–Kier alpha value is -2.35. The number of aryl methyl sites for hydroxylation is 2. The van der Waals surface area contributed by atoms with E-state index in [1.165, 1.54) is 6.07 Å². The fraction of sp³-hybridized carbons (Fsp3) is 0.474. The molecule has 1 aromatic heterocycles. The summed E-state index contributed by atoms with van der Waals surface area (Å²) in [5.74, 6) is 1.13. The van der Waals surface area contributed by atoms with Crippen molar-refractivity contribution in [1.82, 2.24) is 15.3 Å². The van der Waals surface area contributed by atoms with E-state index >= 15 is 0 Å². The molecule has 1 aliphatic heterocycles. The highest BCUT2D eigenvalue weighted by Gasteiger charge is 2.30. The average molecular weight is 379 g/mol. The first-order chi connectivity index (χ1) is 12.7. The van der Waals surface area contributed by atoms with Gasteiger partial charge in [0.15, 0.2) is 0 Å². The van der Waals surface area contributed by atoms with Crippen LogP contribution in [-0.2, 0) is 12.7 Å². The number of nitrogens with zero attached hydrogens (tertiary/aromatic N) is 3. The molecule has 0 bridgehead atoms. The maximum absolute atomic E-state index is 12.8. The number of benzene rings is 1. The summed E-state index contributed by atoms with van der Waals surface area (Å²) in [6.45, 7) is 5.87. The quantitative estimate of drug-likeness (QED) is 0.852. The van der Waals surface area contributed by atoms with Crippen molar-refractivity contribution < 1.29 is 13.2 Å². The van der Waals surface area contributed by atoms with E-state index in [2.05, 4.69) is 20.2 Å². The number of rotatable bonds is 4. The zero-order valence-corrected chi connectivity index (χ0v) is 15.5. The second kappa shape index (κ2) is 7.72. The van der Waals surface area contributed by atoms with Crippen LogP contribution in [0.3, 0.4) is 0 Å². The van der Waals surface area contributed by atoms with Gasteiger partial charge >= 0.3 is 6.18 Å². The lowest BCUT2D eigenvalue weighted by atomic mass is 10.0. The van der Waals surface area contributed by atoms with Gasteiger partial charge in [0.1, 0.15) is 5.82 Å². The highest BCUT2D eigenvalue weighted by molar-refractivity contribution is 5.43. The molecule has 0 atom stereocenters. The van der Waals surface area contributed by atoms with Crippen molar-refractivity contribution >= 4 is 11.8 Å².